The van der Waals surface area contributed by atoms with Gasteiger partial charge in [-0.05, 0) is 63.6 Å². The molecular formula is C21H21BrClN5O2. The molecule has 2 aromatic heterocycles. The van der Waals surface area contributed by atoms with E-state index >= 15 is 0 Å². The van der Waals surface area contributed by atoms with Crippen LogP contribution in [0.25, 0.3) is 5.82 Å². The number of nitrogens with one attached hydrogen (secondary N) is 2. The van der Waals surface area contributed by atoms with Crippen LogP contribution in [0.1, 0.15) is 46.0 Å². The van der Waals surface area contributed by atoms with Crippen LogP contribution in [0.5, 0.6) is 0 Å². The maximum Gasteiger partial charge on any atom is 0.274 e. The SMILES string of the molecule is Cc1cc(C(=O)Nc2c(C)cc(Br)cc2C(=O)NC(C)C)n(-c2ncccc2Cl)n1. The van der Waals surface area contributed by atoms with Gasteiger partial charge < -0.3 is 10.6 Å². The molecule has 3 aromatic rings. The Bertz CT molecular complexity index is 1130. The molecule has 2 heterocycles. The van der Waals surface area contributed by atoms with Crippen molar-refractivity contribution in [3.63, 3.8) is 0 Å². The Morgan fingerprint density at radius 3 is 2.57 bits per heavy atom. The van der Waals surface area contributed by atoms with Crippen molar-refractivity contribution in [3.05, 3.63) is 68.5 Å². The van der Waals surface area contributed by atoms with E-state index in [4.69, 9.17) is 11.6 Å². The number of rotatable bonds is 5. The number of carbonyl (C=O) groups excluding carboxylic acids is 2. The van der Waals surface area contributed by atoms with Gasteiger partial charge in [0.25, 0.3) is 11.8 Å². The van der Waals surface area contributed by atoms with Gasteiger partial charge in [0.1, 0.15) is 5.69 Å². The van der Waals surface area contributed by atoms with Gasteiger partial charge in [-0.2, -0.15) is 5.10 Å². The number of carbonyl (C=O) groups is 2. The highest BCUT2D eigenvalue weighted by atomic mass is 79.9. The summed E-state index contributed by atoms with van der Waals surface area (Å²) in [5.74, 6) is -0.355. The predicted octanol–water partition coefficient (Wildman–Crippen LogP) is 4.69. The summed E-state index contributed by atoms with van der Waals surface area (Å²) in [5.41, 5.74) is 2.42. The van der Waals surface area contributed by atoms with Crippen molar-refractivity contribution in [2.45, 2.75) is 33.7 Å². The van der Waals surface area contributed by atoms with Crippen molar-refractivity contribution in [3.8, 4) is 5.82 Å². The lowest BCUT2D eigenvalue weighted by Crippen LogP contribution is -2.31. The maximum absolute atomic E-state index is 13.2. The van der Waals surface area contributed by atoms with Gasteiger partial charge in [-0.1, -0.05) is 27.5 Å². The summed E-state index contributed by atoms with van der Waals surface area (Å²) < 4.78 is 2.14. The highest BCUT2D eigenvalue weighted by Crippen LogP contribution is 2.27. The summed E-state index contributed by atoms with van der Waals surface area (Å²) in [6.07, 6.45) is 1.58. The number of amides is 2. The fourth-order valence-electron chi connectivity index (χ4n) is 2.96. The number of hydrogen-bond donors (Lipinski definition) is 2. The molecule has 0 radical (unpaired) electrons. The highest BCUT2D eigenvalue weighted by Gasteiger charge is 2.22. The van der Waals surface area contributed by atoms with E-state index in [0.717, 1.165) is 10.0 Å². The minimum atomic E-state index is -0.429. The first-order valence-corrected chi connectivity index (χ1v) is 10.4. The second-order valence-corrected chi connectivity index (χ2v) is 8.44. The lowest BCUT2D eigenvalue weighted by Gasteiger charge is -2.16. The molecule has 30 heavy (non-hydrogen) atoms. The van der Waals surface area contributed by atoms with Crippen LogP contribution in [0, 0.1) is 13.8 Å². The molecule has 3 rings (SSSR count). The standard InChI is InChI=1S/C21H21BrClN5O2/c1-11(2)25-20(29)15-10-14(22)8-12(3)18(15)26-21(30)17-9-13(4)27-28(17)19-16(23)6-5-7-24-19/h5-11H,1-4H3,(H,25,29)(H,26,30). The van der Waals surface area contributed by atoms with Gasteiger partial charge in [-0.3, -0.25) is 9.59 Å². The van der Waals surface area contributed by atoms with Crippen LogP contribution in [-0.2, 0) is 0 Å². The summed E-state index contributed by atoms with van der Waals surface area (Å²) in [6.45, 7) is 7.35. The molecule has 156 valence electrons. The Hall–Kier alpha value is -2.71. The average Bonchev–Trinajstić information content (AvgIpc) is 3.05. The van der Waals surface area contributed by atoms with Gasteiger partial charge >= 0.3 is 0 Å². The average molecular weight is 491 g/mol. The van der Waals surface area contributed by atoms with Crippen LogP contribution >= 0.6 is 27.5 Å². The van der Waals surface area contributed by atoms with Crippen molar-refractivity contribution in [1.82, 2.24) is 20.1 Å². The third-order valence-electron chi connectivity index (χ3n) is 4.21. The van der Waals surface area contributed by atoms with E-state index in [-0.39, 0.29) is 17.6 Å². The Balaban J connectivity index is 2.02. The Kier molecular flexibility index (Phi) is 6.58. The smallest absolute Gasteiger partial charge is 0.274 e. The predicted molar refractivity (Wildman–Crippen MR) is 121 cm³/mol. The number of pyridine rings is 1. The van der Waals surface area contributed by atoms with E-state index in [9.17, 15) is 9.59 Å². The van der Waals surface area contributed by atoms with Crippen LogP contribution in [-0.4, -0.2) is 32.6 Å². The topological polar surface area (TPSA) is 88.9 Å². The molecule has 0 fully saturated rings. The monoisotopic (exact) mass is 489 g/mol. The molecular weight excluding hydrogens is 470 g/mol. The zero-order valence-corrected chi connectivity index (χ0v) is 19.3. The number of halogens is 2. The second-order valence-electron chi connectivity index (χ2n) is 7.12. The van der Waals surface area contributed by atoms with Gasteiger partial charge in [0.05, 0.1) is 22.0 Å². The summed E-state index contributed by atoms with van der Waals surface area (Å²) in [7, 11) is 0. The zero-order valence-electron chi connectivity index (χ0n) is 17.0. The first-order chi connectivity index (χ1) is 14.2. The lowest BCUT2D eigenvalue weighted by molar-refractivity contribution is 0.0944. The number of nitrogens with zero attached hydrogens (tertiary/aromatic N) is 3. The number of benzene rings is 1. The number of aromatic nitrogens is 3. The van der Waals surface area contributed by atoms with Gasteiger partial charge in [0, 0.05) is 16.7 Å². The molecule has 0 aliphatic rings. The molecule has 7 nitrogen and oxygen atoms in total. The van der Waals surface area contributed by atoms with Crippen molar-refractivity contribution in [2.24, 2.45) is 0 Å². The van der Waals surface area contributed by atoms with Crippen LogP contribution < -0.4 is 10.6 Å². The Labute approximate surface area is 188 Å². The van der Waals surface area contributed by atoms with Crippen LogP contribution in [0.3, 0.4) is 0 Å². The van der Waals surface area contributed by atoms with Gasteiger partial charge in [-0.15, -0.1) is 0 Å². The minimum absolute atomic E-state index is 0.0456. The summed E-state index contributed by atoms with van der Waals surface area (Å²) in [6, 6.07) is 8.49. The van der Waals surface area contributed by atoms with E-state index in [1.54, 1.807) is 37.4 Å². The van der Waals surface area contributed by atoms with Crippen LogP contribution in [0.15, 0.2) is 41.0 Å². The molecule has 2 amide bonds. The largest absolute Gasteiger partial charge is 0.350 e. The fraction of sp³-hybridized carbons (Fsp3) is 0.238. The molecule has 2 N–H and O–H groups in total. The van der Waals surface area contributed by atoms with E-state index in [0.29, 0.717) is 27.8 Å². The van der Waals surface area contributed by atoms with Crippen molar-refractivity contribution in [2.75, 3.05) is 5.32 Å². The molecule has 0 bridgehead atoms. The van der Waals surface area contributed by atoms with Crippen molar-refractivity contribution >= 4 is 45.0 Å². The molecule has 0 spiro atoms. The third-order valence-corrected chi connectivity index (χ3v) is 4.96. The number of anilines is 1. The van der Waals surface area contributed by atoms with E-state index in [1.807, 2.05) is 26.8 Å². The number of hydrogen-bond acceptors (Lipinski definition) is 4. The van der Waals surface area contributed by atoms with Crippen LogP contribution in [0.4, 0.5) is 5.69 Å². The molecule has 1 aromatic carbocycles. The molecule has 0 unspecified atom stereocenters. The normalized spacial score (nSPS) is 10.9. The molecule has 0 aliphatic carbocycles. The Morgan fingerprint density at radius 2 is 1.90 bits per heavy atom. The maximum atomic E-state index is 13.2. The molecule has 0 atom stereocenters. The molecule has 0 saturated carbocycles. The quantitative estimate of drug-likeness (QED) is 0.543. The van der Waals surface area contributed by atoms with Crippen molar-refractivity contribution in [1.29, 1.82) is 0 Å². The summed E-state index contributed by atoms with van der Waals surface area (Å²) >= 11 is 9.67. The molecule has 0 saturated heterocycles. The highest BCUT2D eigenvalue weighted by molar-refractivity contribution is 9.10. The fourth-order valence-corrected chi connectivity index (χ4v) is 3.74. The lowest BCUT2D eigenvalue weighted by atomic mass is 10.1. The van der Waals surface area contributed by atoms with E-state index in [1.165, 1.54) is 4.68 Å². The van der Waals surface area contributed by atoms with Gasteiger partial charge in [0.15, 0.2) is 5.82 Å². The van der Waals surface area contributed by atoms with Crippen molar-refractivity contribution < 1.29 is 9.59 Å². The summed E-state index contributed by atoms with van der Waals surface area (Å²) in [4.78, 5) is 30.1. The van der Waals surface area contributed by atoms with E-state index in [2.05, 4.69) is 36.6 Å². The first-order valence-electron chi connectivity index (χ1n) is 9.27. The van der Waals surface area contributed by atoms with E-state index < -0.39 is 5.91 Å². The Morgan fingerprint density at radius 1 is 1.17 bits per heavy atom. The zero-order chi connectivity index (χ0) is 22.0. The molecule has 0 aliphatic heterocycles. The summed E-state index contributed by atoms with van der Waals surface area (Å²) in [5, 5.41) is 10.5. The molecule has 9 heteroatoms. The van der Waals surface area contributed by atoms with Gasteiger partial charge in [-0.25, -0.2) is 9.67 Å². The first kappa shape index (κ1) is 22.0. The number of aryl methyl sites for hydroxylation is 2. The van der Waals surface area contributed by atoms with Crippen LogP contribution in [0.2, 0.25) is 5.02 Å². The second kappa shape index (κ2) is 8.97. The third kappa shape index (κ3) is 4.71. The minimum Gasteiger partial charge on any atom is -0.350 e. The van der Waals surface area contributed by atoms with Gasteiger partial charge in [0.2, 0.25) is 0 Å².